The molecular weight excluding hydrogens is 588 g/mol. The molecular formula is C33H54O12. The molecule has 3 saturated heterocycles. The summed E-state index contributed by atoms with van der Waals surface area (Å²) in [6.45, 7) is 8.71. The van der Waals surface area contributed by atoms with E-state index in [4.69, 9.17) is 18.9 Å². The summed E-state index contributed by atoms with van der Waals surface area (Å²) in [7, 11) is 0. The van der Waals surface area contributed by atoms with Crippen LogP contribution in [0.15, 0.2) is 0 Å². The summed E-state index contributed by atoms with van der Waals surface area (Å²) in [5.74, 6) is 0.660. The van der Waals surface area contributed by atoms with Gasteiger partial charge in [0.1, 0.15) is 48.3 Å². The van der Waals surface area contributed by atoms with Gasteiger partial charge in [-0.15, -0.1) is 0 Å². The van der Waals surface area contributed by atoms with E-state index in [-0.39, 0.29) is 41.6 Å². The first-order valence-corrected chi connectivity index (χ1v) is 17.2. The van der Waals surface area contributed by atoms with E-state index in [0.29, 0.717) is 31.3 Å². The highest BCUT2D eigenvalue weighted by Gasteiger charge is 2.76. The summed E-state index contributed by atoms with van der Waals surface area (Å²) in [4.78, 5) is 0. The lowest BCUT2D eigenvalue weighted by atomic mass is 9.41. The monoisotopic (exact) mass is 642 g/mol. The van der Waals surface area contributed by atoms with Gasteiger partial charge in [0.15, 0.2) is 12.1 Å². The molecule has 20 atom stereocenters. The van der Waals surface area contributed by atoms with Crippen molar-refractivity contribution in [1.82, 2.24) is 0 Å². The average molecular weight is 643 g/mol. The quantitative estimate of drug-likeness (QED) is 0.187. The third-order valence-electron chi connectivity index (χ3n) is 14.5. The first kappa shape index (κ1) is 33.0. The lowest BCUT2D eigenvalue weighted by Gasteiger charge is -2.68. The summed E-state index contributed by atoms with van der Waals surface area (Å²) in [5.41, 5.74) is -3.00. The van der Waals surface area contributed by atoms with Gasteiger partial charge in [-0.2, -0.15) is 0 Å². The van der Waals surface area contributed by atoms with Gasteiger partial charge >= 0.3 is 0 Å². The highest BCUT2D eigenvalue weighted by Crippen LogP contribution is 2.72. The number of fused-ring (bicyclic) bond motifs is 7. The normalized spacial score (nSPS) is 62.7. The lowest BCUT2D eigenvalue weighted by Crippen LogP contribution is -2.79. The molecule has 258 valence electrons. The van der Waals surface area contributed by atoms with E-state index < -0.39 is 78.5 Å². The third kappa shape index (κ3) is 4.27. The minimum Gasteiger partial charge on any atom is -0.394 e. The molecule has 12 nitrogen and oxygen atoms in total. The van der Waals surface area contributed by atoms with Crippen LogP contribution in [0.4, 0.5) is 0 Å². The molecule has 0 aromatic heterocycles. The predicted molar refractivity (Wildman–Crippen MR) is 156 cm³/mol. The van der Waals surface area contributed by atoms with Crippen LogP contribution in [0, 0.1) is 46.3 Å². The molecule has 0 aromatic carbocycles. The van der Waals surface area contributed by atoms with E-state index in [1.54, 1.807) is 6.92 Å². The molecule has 3 aliphatic heterocycles. The number of hydrogen-bond acceptors (Lipinski definition) is 12. The van der Waals surface area contributed by atoms with Crippen molar-refractivity contribution in [2.75, 3.05) is 13.2 Å². The summed E-state index contributed by atoms with van der Waals surface area (Å²) < 4.78 is 25.5. The van der Waals surface area contributed by atoms with Crippen LogP contribution in [0.25, 0.3) is 0 Å². The molecule has 0 aromatic rings. The number of aliphatic hydroxyl groups is 8. The number of ether oxygens (including phenoxy) is 4. The summed E-state index contributed by atoms with van der Waals surface area (Å²) in [6.07, 6.45) is -9.15. The molecule has 0 amide bonds. The SMILES string of the molecule is C[C@H]1CC[C@@]2(OC1)O[C@H]1C[C@H]3[C@@H]4CC[C@]5(O[C@@H]6O[C@H](CO)[C@@H](O)[C@H](O)[C@H]6O)[C@@H](O)[C@@H](O)[C@@H](O)[C@@H](O)[C@]5(C)[C@H]4CC[C@]3(C)[C@H]1[C@@H]2C. The van der Waals surface area contributed by atoms with Crippen LogP contribution >= 0.6 is 0 Å². The van der Waals surface area contributed by atoms with Crippen molar-refractivity contribution in [3.63, 3.8) is 0 Å². The van der Waals surface area contributed by atoms with E-state index in [2.05, 4.69) is 20.8 Å². The maximum Gasteiger partial charge on any atom is 0.187 e. The van der Waals surface area contributed by atoms with Gasteiger partial charge in [-0.05, 0) is 73.5 Å². The predicted octanol–water partition coefficient (Wildman–Crippen LogP) is -0.355. The van der Waals surface area contributed by atoms with E-state index in [1.165, 1.54) is 0 Å². The summed E-state index contributed by atoms with van der Waals surface area (Å²) in [5, 5.41) is 87.1. The van der Waals surface area contributed by atoms with Crippen LogP contribution in [-0.2, 0) is 18.9 Å². The van der Waals surface area contributed by atoms with E-state index in [0.717, 1.165) is 25.7 Å². The second-order valence-electron chi connectivity index (χ2n) is 16.3. The highest BCUT2D eigenvalue weighted by molar-refractivity contribution is 5.23. The van der Waals surface area contributed by atoms with Crippen LogP contribution in [-0.4, -0.2) is 127 Å². The maximum atomic E-state index is 11.8. The van der Waals surface area contributed by atoms with Gasteiger partial charge < -0.3 is 59.8 Å². The molecule has 8 N–H and O–H groups in total. The molecule has 7 fully saturated rings. The minimum absolute atomic E-state index is 0.0357. The van der Waals surface area contributed by atoms with Crippen molar-refractivity contribution in [1.29, 1.82) is 0 Å². The van der Waals surface area contributed by atoms with Crippen molar-refractivity contribution in [3.8, 4) is 0 Å². The number of rotatable bonds is 3. The van der Waals surface area contributed by atoms with Gasteiger partial charge in [-0.25, -0.2) is 0 Å². The van der Waals surface area contributed by atoms with Crippen molar-refractivity contribution in [2.45, 2.75) is 145 Å². The molecule has 0 bridgehead atoms. The minimum atomic E-state index is -1.74. The van der Waals surface area contributed by atoms with Gasteiger partial charge in [0.2, 0.25) is 0 Å². The molecule has 7 aliphatic rings. The fraction of sp³-hybridized carbons (Fsp3) is 1.00. The fourth-order valence-corrected chi connectivity index (χ4v) is 12.0. The Morgan fingerprint density at radius 3 is 2.16 bits per heavy atom. The lowest BCUT2D eigenvalue weighted by molar-refractivity contribution is -0.398. The molecule has 45 heavy (non-hydrogen) atoms. The fourth-order valence-electron chi connectivity index (χ4n) is 12.0. The Morgan fingerprint density at radius 2 is 1.49 bits per heavy atom. The standard InChI is InChI=1S/C33H54O12/c1-14-5-10-33(42-13-14)15(2)21-19(44-33)11-18-16-6-9-32(45-29-26(39)23(36)22(35)20(12-34)43-29)28(41)25(38)24(37)27(40)31(32,4)17(16)7-8-30(18,21)3/h14-29,34-41H,5-13H2,1-4H3/t14-,15-,16+,17-,18-,19-,20+,21-,22+,23-,24+,25-,26+,27+,28-,29-,30-,31-,32-,33+/m0/s1. The Morgan fingerprint density at radius 1 is 0.778 bits per heavy atom. The first-order chi connectivity index (χ1) is 21.2. The third-order valence-corrected chi connectivity index (χ3v) is 14.5. The summed E-state index contributed by atoms with van der Waals surface area (Å²) in [6, 6.07) is 0. The zero-order valence-corrected chi connectivity index (χ0v) is 26.8. The van der Waals surface area contributed by atoms with Gasteiger partial charge in [0.05, 0.1) is 25.4 Å². The molecule has 4 aliphatic carbocycles. The van der Waals surface area contributed by atoms with Crippen LogP contribution in [0.2, 0.25) is 0 Å². The zero-order valence-electron chi connectivity index (χ0n) is 26.8. The van der Waals surface area contributed by atoms with Crippen LogP contribution in [0.1, 0.15) is 72.6 Å². The zero-order chi connectivity index (χ0) is 32.4. The molecule has 3 heterocycles. The van der Waals surface area contributed by atoms with Crippen molar-refractivity contribution >= 4 is 0 Å². The van der Waals surface area contributed by atoms with Crippen molar-refractivity contribution in [2.24, 2.45) is 46.3 Å². The smallest absolute Gasteiger partial charge is 0.187 e. The van der Waals surface area contributed by atoms with E-state index in [9.17, 15) is 40.9 Å². The first-order valence-electron chi connectivity index (χ1n) is 17.2. The second-order valence-corrected chi connectivity index (χ2v) is 16.3. The molecule has 0 radical (unpaired) electrons. The topological polar surface area (TPSA) is 199 Å². The molecule has 0 unspecified atom stereocenters. The Bertz CT molecular complexity index is 1120. The van der Waals surface area contributed by atoms with Gasteiger partial charge in [-0.3, -0.25) is 0 Å². The van der Waals surface area contributed by atoms with Crippen LogP contribution in [0.3, 0.4) is 0 Å². The van der Waals surface area contributed by atoms with Crippen molar-refractivity contribution in [3.05, 3.63) is 0 Å². The number of aliphatic hydroxyl groups excluding tert-OH is 8. The van der Waals surface area contributed by atoms with Crippen LogP contribution in [0.5, 0.6) is 0 Å². The molecule has 12 heteroatoms. The Kier molecular flexibility index (Phi) is 8.09. The second kappa shape index (κ2) is 11.0. The van der Waals surface area contributed by atoms with Gasteiger partial charge in [-0.1, -0.05) is 27.7 Å². The average Bonchev–Trinajstić information content (AvgIpc) is 3.47. The van der Waals surface area contributed by atoms with E-state index in [1.807, 2.05) is 0 Å². The largest absolute Gasteiger partial charge is 0.394 e. The Labute approximate surface area is 264 Å². The highest BCUT2D eigenvalue weighted by atomic mass is 16.7. The molecule has 4 saturated carbocycles. The molecule has 7 rings (SSSR count). The Balaban J connectivity index is 1.21. The van der Waals surface area contributed by atoms with Crippen molar-refractivity contribution < 1.29 is 59.8 Å². The van der Waals surface area contributed by atoms with Gasteiger partial charge in [0.25, 0.3) is 0 Å². The Hall–Kier alpha value is -0.480. The van der Waals surface area contributed by atoms with Crippen LogP contribution < -0.4 is 0 Å². The summed E-state index contributed by atoms with van der Waals surface area (Å²) >= 11 is 0. The molecule has 1 spiro atoms. The number of hydrogen-bond donors (Lipinski definition) is 8. The maximum absolute atomic E-state index is 11.8. The van der Waals surface area contributed by atoms with Gasteiger partial charge in [0, 0.05) is 17.8 Å². The van der Waals surface area contributed by atoms with E-state index >= 15 is 0 Å².